The van der Waals surface area contributed by atoms with Crippen LogP contribution in [0.4, 0.5) is 0 Å². The maximum atomic E-state index is 8.07. The van der Waals surface area contributed by atoms with Gasteiger partial charge in [-0.1, -0.05) is 0 Å². The van der Waals surface area contributed by atoms with Gasteiger partial charge in [0.25, 0.3) is 0 Å². The molecule has 139 valence electrons. The Morgan fingerprint density at radius 3 is 1.56 bits per heavy atom. The molecule has 0 aliphatic heterocycles. The van der Waals surface area contributed by atoms with Gasteiger partial charge in [0.15, 0.2) is 0 Å². The molecule has 2 aliphatic rings. The fourth-order valence-corrected chi connectivity index (χ4v) is 27.0. The first kappa shape index (κ1) is 19.6. The first-order valence-electron chi connectivity index (χ1n) is 10.5. The molecule has 0 saturated heterocycles. The van der Waals surface area contributed by atoms with E-state index in [0.717, 1.165) is 12.8 Å². The van der Waals surface area contributed by atoms with Crippen LogP contribution in [0.1, 0.15) is 56.3 Å². The van der Waals surface area contributed by atoms with Crippen LogP contribution in [0.5, 0.6) is 0 Å². The summed E-state index contributed by atoms with van der Waals surface area (Å²) in [7, 11) is 8.07. The van der Waals surface area contributed by atoms with E-state index in [1.165, 1.54) is 22.3 Å². The Morgan fingerprint density at radius 1 is 0.778 bits per heavy atom. The number of allylic oxidation sites excluding steroid dienone is 2. The summed E-state index contributed by atoms with van der Waals surface area (Å²) in [5, 5.41) is 0. The molecule has 4 rings (SSSR count). The summed E-state index contributed by atoms with van der Waals surface area (Å²) in [6, 6.07) is 18.1. The molecule has 0 heterocycles. The third-order valence-corrected chi connectivity index (χ3v) is 35.8. The normalized spacial score (nSPS) is 22.9. The number of hydrogen-bond acceptors (Lipinski definition) is 0. The molecule has 0 nitrogen and oxygen atoms in total. The molecule has 2 aromatic rings. The van der Waals surface area contributed by atoms with E-state index in [4.69, 9.17) is 8.58 Å². The third kappa shape index (κ3) is 3.03. The van der Waals surface area contributed by atoms with Gasteiger partial charge in [0, 0.05) is 0 Å². The molecule has 0 amide bonds. The molecule has 0 saturated carbocycles. The summed E-state index contributed by atoms with van der Waals surface area (Å²) >= 11 is -3.05. The minimum absolute atomic E-state index is 0.521. The summed E-state index contributed by atoms with van der Waals surface area (Å²) in [6.45, 7) is 9.69. The molecule has 2 unspecified atom stereocenters. The van der Waals surface area contributed by atoms with Crippen molar-refractivity contribution < 1.29 is 18.0 Å². The minimum atomic E-state index is -3.05. The number of benzene rings is 2. The van der Waals surface area contributed by atoms with Crippen LogP contribution in [-0.4, -0.2) is 5.98 Å². The van der Waals surface area contributed by atoms with E-state index in [1.54, 1.807) is 11.1 Å². The Hall–Kier alpha value is -0.703. The average Bonchev–Trinajstić information content (AvgIpc) is 3.25. The van der Waals surface area contributed by atoms with Crippen LogP contribution in [0.3, 0.4) is 0 Å². The zero-order valence-electron chi connectivity index (χ0n) is 16.9. The van der Waals surface area contributed by atoms with Crippen molar-refractivity contribution in [3.8, 4) is 0 Å². The average molecular weight is 426 g/mol. The number of halogens is 1. The van der Waals surface area contributed by atoms with E-state index in [9.17, 15) is 0 Å². The number of fused-ring (bicyclic) bond motifs is 2. The Labute approximate surface area is 172 Å². The molecule has 0 spiro atoms. The van der Waals surface area contributed by atoms with Crippen LogP contribution in [-0.2, 0) is 18.0 Å². The number of hydrogen-bond donors (Lipinski definition) is 0. The van der Waals surface area contributed by atoms with Gasteiger partial charge in [-0.2, -0.15) is 0 Å². The molecule has 0 fully saturated rings. The molecule has 0 N–H and O–H groups in total. The van der Waals surface area contributed by atoms with Gasteiger partial charge in [-0.25, -0.2) is 0 Å². The van der Waals surface area contributed by atoms with Crippen molar-refractivity contribution in [2.24, 2.45) is 0 Å². The monoisotopic (exact) mass is 425 g/mol. The van der Waals surface area contributed by atoms with E-state index >= 15 is 0 Å². The molecule has 0 radical (unpaired) electrons. The first-order chi connectivity index (χ1) is 13.0. The van der Waals surface area contributed by atoms with E-state index in [2.05, 4.69) is 87.6 Å². The van der Waals surface area contributed by atoms with Gasteiger partial charge >= 0.3 is 174 Å². The summed E-state index contributed by atoms with van der Waals surface area (Å²) in [6.07, 6.45) is 7.14. The second kappa shape index (κ2) is 7.61. The van der Waals surface area contributed by atoms with Gasteiger partial charge in [-0.3, -0.25) is 0 Å². The van der Waals surface area contributed by atoms with Crippen molar-refractivity contribution in [1.82, 2.24) is 0 Å². The third-order valence-electron chi connectivity index (χ3n) is 7.00. The van der Waals surface area contributed by atoms with Gasteiger partial charge in [0.1, 0.15) is 0 Å². The predicted molar refractivity (Wildman–Crippen MR) is 120 cm³/mol. The van der Waals surface area contributed by atoms with E-state index < -0.39 is 23.9 Å². The predicted octanol–water partition coefficient (Wildman–Crippen LogP) is 7.37. The second-order valence-electron chi connectivity index (χ2n) is 8.56. The standard InChI is InChI=1S/2C11H11.C2H7Si.ClH.Sc/c2*1-2-9-7-10-5-3-4-6-11(10)8-9;1-3-2;;/h2*3-8H,2H2,1H3;3H,1-2H3;1H;/q;;;;+1/p-1. The summed E-state index contributed by atoms with van der Waals surface area (Å²) in [5.41, 5.74) is 9.08. The molecule has 3 heteroatoms. The van der Waals surface area contributed by atoms with Gasteiger partial charge in [0.05, 0.1) is 0 Å². The molecule has 2 aromatic carbocycles. The van der Waals surface area contributed by atoms with Crippen LogP contribution >= 0.6 is 8.58 Å². The number of rotatable bonds is 5. The Kier molecular flexibility index (Phi) is 5.53. The Bertz CT molecular complexity index is 858. The van der Waals surface area contributed by atoms with Crippen LogP contribution < -0.4 is 0 Å². The zero-order valence-corrected chi connectivity index (χ0v) is 20.6. The fourth-order valence-electron chi connectivity index (χ4n) is 5.64. The van der Waals surface area contributed by atoms with Crippen molar-refractivity contribution in [3.05, 3.63) is 81.9 Å². The SMILES string of the molecule is CCC1=Cc2ccccc2[CH]1[Sc]([Cl])([CH]1C(CC)=Cc2ccccc21)[SiH](C)C. The van der Waals surface area contributed by atoms with E-state index in [1.807, 2.05) is 0 Å². The second-order valence-corrected chi connectivity index (χ2v) is 31.8. The molecule has 27 heavy (non-hydrogen) atoms. The summed E-state index contributed by atoms with van der Waals surface area (Å²) in [5.74, 6) is -1.04. The van der Waals surface area contributed by atoms with Gasteiger partial charge < -0.3 is 0 Å². The quantitative estimate of drug-likeness (QED) is 0.438. The summed E-state index contributed by atoms with van der Waals surface area (Å²) in [4.78, 5) is 0. The van der Waals surface area contributed by atoms with Gasteiger partial charge in [0.2, 0.25) is 0 Å². The topological polar surface area (TPSA) is 0 Å². The summed E-state index contributed by atoms with van der Waals surface area (Å²) < 4.78 is 1.04. The van der Waals surface area contributed by atoms with Gasteiger partial charge in [-0.15, -0.1) is 0 Å². The zero-order chi connectivity index (χ0) is 19.2. The molecule has 2 aliphatic carbocycles. The fraction of sp³-hybridized carbons (Fsp3) is 0.333. The van der Waals surface area contributed by atoms with Gasteiger partial charge in [-0.05, 0) is 0 Å². The van der Waals surface area contributed by atoms with E-state index in [-0.39, 0.29) is 0 Å². The van der Waals surface area contributed by atoms with Crippen LogP contribution in [0.15, 0.2) is 59.7 Å². The molecule has 2 atom stereocenters. The molecule has 0 bridgehead atoms. The van der Waals surface area contributed by atoms with Crippen molar-refractivity contribution in [2.45, 2.75) is 47.1 Å². The first-order valence-corrected chi connectivity index (χ1v) is 21.1. The van der Waals surface area contributed by atoms with Crippen molar-refractivity contribution >= 4 is 26.7 Å². The molecule has 0 aromatic heterocycles. The van der Waals surface area contributed by atoms with Crippen molar-refractivity contribution in [2.75, 3.05) is 0 Å². The van der Waals surface area contributed by atoms with Crippen molar-refractivity contribution in [3.63, 3.8) is 0 Å². The maximum absolute atomic E-state index is 8.07. The van der Waals surface area contributed by atoms with Crippen molar-refractivity contribution in [1.29, 1.82) is 0 Å². The van der Waals surface area contributed by atoms with Crippen LogP contribution in [0.2, 0.25) is 13.1 Å². The van der Waals surface area contributed by atoms with Crippen LogP contribution in [0.25, 0.3) is 12.2 Å². The van der Waals surface area contributed by atoms with Crippen LogP contribution in [0, 0.1) is 0 Å². The Morgan fingerprint density at radius 2 is 1.19 bits per heavy atom. The van der Waals surface area contributed by atoms with E-state index in [0.29, 0.717) is 7.35 Å². The molecular formula is C24H29ClScSi. The Balaban J connectivity index is 1.93. The molecular weight excluding hydrogens is 397 g/mol.